The summed E-state index contributed by atoms with van der Waals surface area (Å²) in [6, 6.07) is 12.8. The first-order chi connectivity index (χ1) is 17.4. The smallest absolute Gasteiger partial charge is 0.267 e. The van der Waals surface area contributed by atoms with Crippen LogP contribution < -0.4 is 11.0 Å². The molecule has 1 aliphatic carbocycles. The molecule has 1 N–H and O–H groups in total. The van der Waals surface area contributed by atoms with Gasteiger partial charge in [0.2, 0.25) is 0 Å². The van der Waals surface area contributed by atoms with Gasteiger partial charge in [-0.1, -0.05) is 58.7 Å². The van der Waals surface area contributed by atoms with Crippen molar-refractivity contribution in [3.05, 3.63) is 84.4 Å². The summed E-state index contributed by atoms with van der Waals surface area (Å²) in [5.74, 6) is -0.280. The molecule has 2 heterocycles. The molecule has 36 heavy (non-hydrogen) atoms. The lowest BCUT2D eigenvalue weighted by Gasteiger charge is -2.13. The first-order valence-corrected chi connectivity index (χ1v) is 14.0. The number of hydrogen-bond acceptors (Lipinski definition) is 6. The number of benzene rings is 2. The quantitative estimate of drug-likeness (QED) is 0.133. The van der Waals surface area contributed by atoms with Gasteiger partial charge in [-0.15, -0.1) is 11.3 Å². The van der Waals surface area contributed by atoms with Crippen LogP contribution in [0, 0.1) is 6.92 Å². The number of hydrazone groups is 1. The van der Waals surface area contributed by atoms with Crippen LogP contribution in [0.5, 0.6) is 0 Å². The summed E-state index contributed by atoms with van der Waals surface area (Å²) < 4.78 is 1.62. The third-order valence-corrected chi connectivity index (χ3v) is 8.62. The molecule has 2 aromatic carbocycles. The van der Waals surface area contributed by atoms with E-state index in [4.69, 9.17) is 28.2 Å². The van der Waals surface area contributed by atoms with Crippen molar-refractivity contribution < 1.29 is 4.79 Å². The van der Waals surface area contributed by atoms with Crippen LogP contribution in [-0.2, 0) is 17.6 Å². The molecule has 0 radical (unpaired) electrons. The Kier molecular flexibility index (Phi) is 7.48. The number of halogens is 2. The number of nitrogens with zero attached hydrogens (tertiary/aromatic N) is 3. The number of thiophene rings is 1. The predicted octanol–water partition coefficient (Wildman–Crippen LogP) is 6.18. The summed E-state index contributed by atoms with van der Waals surface area (Å²) in [7, 11) is 0. The summed E-state index contributed by atoms with van der Waals surface area (Å²) >= 11 is 14.9. The second kappa shape index (κ2) is 10.8. The van der Waals surface area contributed by atoms with Crippen LogP contribution in [0.2, 0.25) is 10.0 Å². The molecule has 2 aromatic heterocycles. The van der Waals surface area contributed by atoms with Crippen LogP contribution in [0.25, 0.3) is 15.9 Å². The minimum Gasteiger partial charge on any atom is -0.272 e. The van der Waals surface area contributed by atoms with E-state index in [1.807, 2.05) is 31.2 Å². The van der Waals surface area contributed by atoms with Crippen LogP contribution in [0.1, 0.15) is 34.4 Å². The van der Waals surface area contributed by atoms with Gasteiger partial charge >= 0.3 is 0 Å². The second-order valence-corrected chi connectivity index (χ2v) is 11.4. The zero-order valence-corrected chi connectivity index (χ0v) is 22.5. The summed E-state index contributed by atoms with van der Waals surface area (Å²) in [6.07, 6.45) is 5.58. The van der Waals surface area contributed by atoms with Gasteiger partial charge in [0, 0.05) is 15.5 Å². The number of fused-ring (bicyclic) bond motifs is 3. The number of rotatable bonds is 6. The van der Waals surface area contributed by atoms with E-state index in [-0.39, 0.29) is 17.2 Å². The van der Waals surface area contributed by atoms with Crippen molar-refractivity contribution in [1.29, 1.82) is 0 Å². The van der Waals surface area contributed by atoms with Gasteiger partial charge in [-0.25, -0.2) is 10.4 Å². The third-order valence-electron chi connectivity index (χ3n) is 5.94. The number of hydrogen-bond donors (Lipinski definition) is 1. The average molecular weight is 558 g/mol. The molecule has 1 aliphatic rings. The fraction of sp³-hybridized carbons (Fsp3) is 0.231. The highest BCUT2D eigenvalue weighted by Crippen LogP contribution is 2.35. The number of nitrogens with one attached hydrogen (secondary N) is 1. The van der Waals surface area contributed by atoms with Crippen molar-refractivity contribution >= 4 is 68.6 Å². The van der Waals surface area contributed by atoms with Crippen molar-refractivity contribution in [3.63, 3.8) is 0 Å². The number of amides is 1. The number of carbonyl (C=O) groups is 1. The Morgan fingerprint density at radius 3 is 2.75 bits per heavy atom. The molecule has 1 amide bonds. The molecule has 0 aliphatic heterocycles. The van der Waals surface area contributed by atoms with Crippen molar-refractivity contribution in [2.24, 2.45) is 5.10 Å². The topological polar surface area (TPSA) is 76.3 Å². The molecule has 0 atom stereocenters. The summed E-state index contributed by atoms with van der Waals surface area (Å²) in [4.78, 5) is 33.2. The Labute approximate surface area is 226 Å². The third kappa shape index (κ3) is 5.22. The molecule has 0 bridgehead atoms. The lowest BCUT2D eigenvalue weighted by molar-refractivity contribution is -0.118. The van der Waals surface area contributed by atoms with Gasteiger partial charge in [0.05, 0.1) is 28.1 Å². The van der Waals surface area contributed by atoms with Gasteiger partial charge < -0.3 is 0 Å². The summed E-state index contributed by atoms with van der Waals surface area (Å²) in [5.41, 5.74) is 6.03. The van der Waals surface area contributed by atoms with Gasteiger partial charge in [0.25, 0.3) is 11.5 Å². The van der Waals surface area contributed by atoms with Crippen molar-refractivity contribution in [2.75, 3.05) is 5.75 Å². The highest BCUT2D eigenvalue weighted by molar-refractivity contribution is 7.99. The van der Waals surface area contributed by atoms with E-state index in [1.54, 1.807) is 34.1 Å². The maximum atomic E-state index is 13.8. The van der Waals surface area contributed by atoms with Crippen LogP contribution in [-0.4, -0.2) is 27.4 Å². The maximum absolute atomic E-state index is 13.8. The lowest BCUT2D eigenvalue weighted by atomic mass is 9.97. The Morgan fingerprint density at radius 1 is 1.19 bits per heavy atom. The molecule has 4 aromatic rings. The first kappa shape index (κ1) is 25.0. The molecule has 0 saturated carbocycles. The number of thioether (sulfide) groups is 1. The molecular weight excluding hydrogens is 535 g/mol. The van der Waals surface area contributed by atoms with Crippen molar-refractivity contribution in [1.82, 2.24) is 15.0 Å². The van der Waals surface area contributed by atoms with Crippen molar-refractivity contribution in [3.8, 4) is 5.69 Å². The van der Waals surface area contributed by atoms with Crippen LogP contribution in [0.3, 0.4) is 0 Å². The Bertz CT molecular complexity index is 1540. The predicted molar refractivity (Wildman–Crippen MR) is 150 cm³/mol. The van der Waals surface area contributed by atoms with E-state index >= 15 is 0 Å². The van der Waals surface area contributed by atoms with Gasteiger partial charge in [0.1, 0.15) is 4.83 Å². The Balaban J connectivity index is 1.42. The van der Waals surface area contributed by atoms with E-state index in [0.29, 0.717) is 26.2 Å². The van der Waals surface area contributed by atoms with E-state index < -0.39 is 0 Å². The van der Waals surface area contributed by atoms with E-state index in [2.05, 4.69) is 10.5 Å². The SMILES string of the molecule is Cc1ccc(-n2c(SCC(=O)N/N=C\c3ccc(Cl)cc3Cl)nc3sc4c(c3c2=O)CCCC4)cc1. The molecule has 184 valence electrons. The maximum Gasteiger partial charge on any atom is 0.267 e. The zero-order chi connectivity index (χ0) is 25.2. The number of aryl methyl sites for hydroxylation is 3. The van der Waals surface area contributed by atoms with Crippen molar-refractivity contribution in [2.45, 2.75) is 37.8 Å². The van der Waals surface area contributed by atoms with E-state index in [0.717, 1.165) is 47.3 Å². The molecule has 0 unspecified atom stereocenters. The molecule has 0 fully saturated rings. The van der Waals surface area contributed by atoms with E-state index in [1.165, 1.54) is 22.9 Å². The second-order valence-electron chi connectivity index (χ2n) is 8.51. The fourth-order valence-corrected chi connectivity index (χ4v) is 6.71. The largest absolute Gasteiger partial charge is 0.272 e. The van der Waals surface area contributed by atoms with Crippen LogP contribution in [0.4, 0.5) is 0 Å². The number of aromatic nitrogens is 2. The minimum atomic E-state index is -0.323. The fourth-order valence-electron chi connectivity index (χ4n) is 4.15. The first-order valence-electron chi connectivity index (χ1n) is 11.4. The van der Waals surface area contributed by atoms with E-state index in [9.17, 15) is 9.59 Å². The molecule has 0 saturated heterocycles. The molecule has 0 spiro atoms. The van der Waals surface area contributed by atoms with Gasteiger partial charge in [0.15, 0.2) is 5.16 Å². The van der Waals surface area contributed by atoms with Gasteiger partial charge in [-0.2, -0.15) is 5.10 Å². The summed E-state index contributed by atoms with van der Waals surface area (Å²) in [6.45, 7) is 2.00. The lowest BCUT2D eigenvalue weighted by Crippen LogP contribution is -2.24. The summed E-state index contributed by atoms with van der Waals surface area (Å²) in [5, 5.41) is 6.15. The normalized spacial score (nSPS) is 13.3. The Hall–Kier alpha value is -2.65. The van der Waals surface area contributed by atoms with Gasteiger partial charge in [-0.05, 0) is 62.4 Å². The average Bonchev–Trinajstić information content (AvgIpc) is 3.23. The Morgan fingerprint density at radius 2 is 1.97 bits per heavy atom. The monoisotopic (exact) mass is 556 g/mol. The minimum absolute atomic E-state index is 0.0422. The molecular formula is C26H22Cl2N4O2S2. The molecule has 10 heteroatoms. The van der Waals surface area contributed by atoms with Crippen LogP contribution >= 0.6 is 46.3 Å². The molecule has 5 rings (SSSR count). The standard InChI is InChI=1S/C26H22Cl2N4O2S2/c1-15-6-10-18(11-7-15)32-25(34)23-19-4-2-3-5-21(19)36-24(23)30-26(32)35-14-22(33)31-29-13-16-8-9-17(27)12-20(16)28/h6-13H,2-5,14H2,1H3,(H,31,33)/b29-13-. The van der Waals surface area contributed by atoms with Crippen LogP contribution in [0.15, 0.2) is 57.5 Å². The number of carbonyl (C=O) groups excluding carboxylic acids is 1. The highest BCUT2D eigenvalue weighted by Gasteiger charge is 2.23. The highest BCUT2D eigenvalue weighted by atomic mass is 35.5. The zero-order valence-electron chi connectivity index (χ0n) is 19.4. The van der Waals surface area contributed by atoms with Gasteiger partial charge in [-0.3, -0.25) is 14.2 Å². The molecule has 6 nitrogen and oxygen atoms in total.